The van der Waals surface area contributed by atoms with Crippen LogP contribution in [-0.2, 0) is 12.8 Å². The minimum Gasteiger partial charge on any atom is -0.388 e. The second-order valence-electron chi connectivity index (χ2n) is 5.28. The van der Waals surface area contributed by atoms with Crippen LogP contribution in [0.1, 0.15) is 34.5 Å². The number of nitrogens with one attached hydrogen (secondary N) is 2. The van der Waals surface area contributed by atoms with Crippen molar-refractivity contribution in [2.75, 3.05) is 17.7 Å². The number of hydrogen-bond donors (Lipinski definition) is 2. The van der Waals surface area contributed by atoms with Crippen LogP contribution < -0.4 is 10.6 Å². The Bertz CT molecular complexity index is 667. The van der Waals surface area contributed by atoms with E-state index in [0.717, 1.165) is 24.2 Å². The molecule has 21 heavy (non-hydrogen) atoms. The minimum atomic E-state index is -0.161. The zero-order valence-corrected chi connectivity index (χ0v) is 12.1. The molecule has 1 amide bonds. The summed E-state index contributed by atoms with van der Waals surface area (Å²) < 4.78 is 0. The van der Waals surface area contributed by atoms with E-state index in [9.17, 15) is 4.79 Å². The van der Waals surface area contributed by atoms with E-state index in [2.05, 4.69) is 21.7 Å². The molecule has 0 unspecified atom stereocenters. The summed E-state index contributed by atoms with van der Waals surface area (Å²) >= 11 is 0. The van der Waals surface area contributed by atoms with Gasteiger partial charge in [0.05, 0.1) is 0 Å². The van der Waals surface area contributed by atoms with E-state index in [1.165, 1.54) is 24.0 Å². The lowest BCUT2D eigenvalue weighted by atomic mass is 9.90. The number of aromatic nitrogens is 1. The van der Waals surface area contributed by atoms with Gasteiger partial charge in [-0.1, -0.05) is 12.1 Å². The SMILES string of the molecule is CNc1ccnc(C(=O)Nc2cccc3c2CCCC3)c1. The van der Waals surface area contributed by atoms with E-state index in [1.807, 2.05) is 25.2 Å². The molecule has 3 rings (SSSR count). The standard InChI is InChI=1S/C17H19N3O/c1-18-13-9-10-19-16(11-13)17(21)20-15-8-4-6-12-5-2-3-7-14(12)15/h4,6,8-11H,2-3,5,7H2,1H3,(H,18,19)(H,20,21). The summed E-state index contributed by atoms with van der Waals surface area (Å²) in [5.41, 5.74) is 4.87. The van der Waals surface area contributed by atoms with Crippen LogP contribution in [0.3, 0.4) is 0 Å². The second-order valence-corrected chi connectivity index (χ2v) is 5.28. The summed E-state index contributed by atoms with van der Waals surface area (Å²) in [4.78, 5) is 16.5. The highest BCUT2D eigenvalue weighted by atomic mass is 16.1. The van der Waals surface area contributed by atoms with Gasteiger partial charge < -0.3 is 10.6 Å². The molecule has 1 aliphatic carbocycles. The van der Waals surface area contributed by atoms with Gasteiger partial charge in [0.15, 0.2) is 0 Å². The molecule has 0 spiro atoms. The van der Waals surface area contributed by atoms with Crippen LogP contribution in [0, 0.1) is 0 Å². The molecule has 0 aliphatic heterocycles. The normalized spacial score (nSPS) is 13.4. The van der Waals surface area contributed by atoms with Gasteiger partial charge in [0, 0.05) is 24.6 Å². The number of pyridine rings is 1. The van der Waals surface area contributed by atoms with E-state index in [-0.39, 0.29) is 5.91 Å². The number of carbonyl (C=O) groups is 1. The first-order valence-corrected chi connectivity index (χ1v) is 7.34. The van der Waals surface area contributed by atoms with Crippen molar-refractivity contribution in [2.24, 2.45) is 0 Å². The third-order valence-corrected chi connectivity index (χ3v) is 3.93. The van der Waals surface area contributed by atoms with Crippen molar-refractivity contribution in [3.05, 3.63) is 53.3 Å². The smallest absolute Gasteiger partial charge is 0.274 e. The van der Waals surface area contributed by atoms with Gasteiger partial charge in [-0.15, -0.1) is 0 Å². The number of aryl methyl sites for hydroxylation is 1. The van der Waals surface area contributed by atoms with Crippen LogP contribution >= 0.6 is 0 Å². The van der Waals surface area contributed by atoms with Crippen LogP contribution in [0.25, 0.3) is 0 Å². The fraction of sp³-hybridized carbons (Fsp3) is 0.294. The van der Waals surface area contributed by atoms with E-state index in [4.69, 9.17) is 0 Å². The molecule has 2 aromatic rings. The first-order chi connectivity index (χ1) is 10.3. The minimum absolute atomic E-state index is 0.161. The van der Waals surface area contributed by atoms with Crippen molar-refractivity contribution in [3.8, 4) is 0 Å². The van der Waals surface area contributed by atoms with E-state index in [0.29, 0.717) is 5.69 Å². The fourth-order valence-electron chi connectivity index (χ4n) is 2.80. The number of carbonyl (C=O) groups excluding carboxylic acids is 1. The molecule has 108 valence electrons. The van der Waals surface area contributed by atoms with Crippen LogP contribution in [0.4, 0.5) is 11.4 Å². The highest BCUT2D eigenvalue weighted by Crippen LogP contribution is 2.28. The third kappa shape index (κ3) is 2.89. The Balaban J connectivity index is 1.84. The predicted molar refractivity (Wildman–Crippen MR) is 84.8 cm³/mol. The Labute approximate surface area is 124 Å². The van der Waals surface area contributed by atoms with E-state index in [1.54, 1.807) is 12.3 Å². The molecule has 4 nitrogen and oxygen atoms in total. The van der Waals surface area contributed by atoms with Gasteiger partial charge in [0.1, 0.15) is 5.69 Å². The van der Waals surface area contributed by atoms with Crippen molar-refractivity contribution < 1.29 is 4.79 Å². The van der Waals surface area contributed by atoms with Crippen molar-refractivity contribution in [3.63, 3.8) is 0 Å². The Morgan fingerprint density at radius 3 is 2.90 bits per heavy atom. The molecule has 0 saturated carbocycles. The molecular formula is C17H19N3O. The van der Waals surface area contributed by atoms with E-state index < -0.39 is 0 Å². The molecule has 1 aromatic carbocycles. The average Bonchev–Trinajstić information content (AvgIpc) is 2.55. The second kappa shape index (κ2) is 5.95. The number of benzene rings is 1. The largest absolute Gasteiger partial charge is 0.388 e. The van der Waals surface area contributed by atoms with Gasteiger partial charge in [0.2, 0.25) is 0 Å². The number of anilines is 2. The average molecular weight is 281 g/mol. The monoisotopic (exact) mass is 281 g/mol. The zero-order chi connectivity index (χ0) is 14.7. The summed E-state index contributed by atoms with van der Waals surface area (Å²) in [6, 6.07) is 9.73. The molecule has 0 radical (unpaired) electrons. The molecule has 1 aromatic heterocycles. The molecule has 0 saturated heterocycles. The van der Waals surface area contributed by atoms with Gasteiger partial charge in [0.25, 0.3) is 5.91 Å². The van der Waals surface area contributed by atoms with Gasteiger partial charge in [-0.2, -0.15) is 0 Å². The van der Waals surface area contributed by atoms with Crippen LogP contribution in [0.15, 0.2) is 36.5 Å². The van der Waals surface area contributed by atoms with E-state index >= 15 is 0 Å². The molecule has 1 heterocycles. The molecule has 4 heteroatoms. The summed E-state index contributed by atoms with van der Waals surface area (Å²) in [5.74, 6) is -0.161. The molecule has 1 aliphatic rings. The van der Waals surface area contributed by atoms with Crippen LogP contribution in [-0.4, -0.2) is 17.9 Å². The fourth-order valence-corrected chi connectivity index (χ4v) is 2.80. The van der Waals surface area contributed by atoms with Crippen molar-refractivity contribution >= 4 is 17.3 Å². The lowest BCUT2D eigenvalue weighted by molar-refractivity contribution is 0.102. The first kappa shape index (κ1) is 13.6. The maximum Gasteiger partial charge on any atom is 0.274 e. The van der Waals surface area contributed by atoms with Gasteiger partial charge in [-0.05, 0) is 55.0 Å². The lowest BCUT2D eigenvalue weighted by Crippen LogP contribution is -2.16. The Morgan fingerprint density at radius 2 is 2.05 bits per heavy atom. The highest BCUT2D eigenvalue weighted by molar-refractivity contribution is 6.03. The summed E-state index contributed by atoms with van der Waals surface area (Å²) in [7, 11) is 1.82. The Kier molecular flexibility index (Phi) is 3.86. The number of fused-ring (bicyclic) bond motifs is 1. The highest BCUT2D eigenvalue weighted by Gasteiger charge is 2.15. The van der Waals surface area contributed by atoms with Crippen molar-refractivity contribution in [2.45, 2.75) is 25.7 Å². The molecule has 0 atom stereocenters. The molecule has 2 N–H and O–H groups in total. The molecular weight excluding hydrogens is 262 g/mol. The van der Waals surface area contributed by atoms with Gasteiger partial charge >= 0.3 is 0 Å². The summed E-state index contributed by atoms with van der Waals surface area (Å²) in [6.07, 6.45) is 6.20. The first-order valence-electron chi connectivity index (χ1n) is 7.34. The number of amides is 1. The number of nitrogens with zero attached hydrogens (tertiary/aromatic N) is 1. The van der Waals surface area contributed by atoms with Crippen LogP contribution in [0.5, 0.6) is 0 Å². The van der Waals surface area contributed by atoms with Crippen LogP contribution in [0.2, 0.25) is 0 Å². The quantitative estimate of drug-likeness (QED) is 0.908. The van der Waals surface area contributed by atoms with Crippen molar-refractivity contribution in [1.29, 1.82) is 0 Å². The number of rotatable bonds is 3. The molecule has 0 bridgehead atoms. The maximum atomic E-state index is 12.4. The van der Waals surface area contributed by atoms with Gasteiger partial charge in [-0.3, -0.25) is 9.78 Å². The topological polar surface area (TPSA) is 54.0 Å². The molecule has 0 fully saturated rings. The van der Waals surface area contributed by atoms with Crippen molar-refractivity contribution in [1.82, 2.24) is 4.98 Å². The zero-order valence-electron chi connectivity index (χ0n) is 12.1. The lowest BCUT2D eigenvalue weighted by Gasteiger charge is -2.19. The van der Waals surface area contributed by atoms with Gasteiger partial charge in [-0.25, -0.2) is 0 Å². The maximum absolute atomic E-state index is 12.4. The third-order valence-electron chi connectivity index (χ3n) is 3.93. The predicted octanol–water partition coefficient (Wildman–Crippen LogP) is 3.25. The summed E-state index contributed by atoms with van der Waals surface area (Å²) in [5, 5.41) is 6.02. The summed E-state index contributed by atoms with van der Waals surface area (Å²) in [6.45, 7) is 0. The number of hydrogen-bond acceptors (Lipinski definition) is 3. The Hall–Kier alpha value is -2.36. The Morgan fingerprint density at radius 1 is 1.19 bits per heavy atom.